The number of nitrogens with zero attached hydrogens (tertiary/aromatic N) is 3. The minimum atomic E-state index is -0.489. The number of fused-ring (bicyclic) bond motifs is 2. The number of carbonyl (C=O) groups excluding carboxylic acids is 3. The summed E-state index contributed by atoms with van der Waals surface area (Å²) in [4.78, 5) is 57.5. The molecule has 3 heterocycles. The van der Waals surface area contributed by atoms with Crippen LogP contribution in [0.2, 0.25) is 0 Å². The second-order valence-corrected chi connectivity index (χ2v) is 8.98. The first-order chi connectivity index (χ1) is 19.5. The molecule has 3 aromatic heterocycles. The van der Waals surface area contributed by atoms with Gasteiger partial charge in [-0.25, -0.2) is 9.97 Å². The highest BCUT2D eigenvalue weighted by Crippen LogP contribution is 2.25. The molecule has 11 nitrogen and oxygen atoms in total. The fourth-order valence-electron chi connectivity index (χ4n) is 4.30. The van der Waals surface area contributed by atoms with Crippen molar-refractivity contribution in [3.05, 3.63) is 108 Å². The van der Waals surface area contributed by atoms with E-state index in [1.54, 1.807) is 24.5 Å². The number of hydrogen-bond donors (Lipinski definition) is 5. The summed E-state index contributed by atoms with van der Waals surface area (Å²) in [5.41, 5.74) is 2.36. The van der Waals surface area contributed by atoms with Crippen molar-refractivity contribution in [3.8, 4) is 0 Å². The number of pyridine rings is 1. The normalized spacial score (nSPS) is 10.9. The van der Waals surface area contributed by atoms with E-state index in [0.29, 0.717) is 16.7 Å². The number of anilines is 3. The Morgan fingerprint density at radius 2 is 1.55 bits per heavy atom. The molecule has 0 unspecified atom stereocenters. The van der Waals surface area contributed by atoms with Gasteiger partial charge in [0.05, 0.1) is 23.0 Å². The second kappa shape index (κ2) is 10.5. The summed E-state index contributed by atoms with van der Waals surface area (Å²) in [7, 11) is 0. The van der Waals surface area contributed by atoms with E-state index in [2.05, 4.69) is 40.9 Å². The van der Waals surface area contributed by atoms with Gasteiger partial charge < -0.3 is 15.3 Å². The number of aromatic amines is 2. The predicted octanol–water partition coefficient (Wildman–Crippen LogP) is 4.52. The lowest BCUT2D eigenvalue weighted by Gasteiger charge is -2.09. The Hall–Kier alpha value is -5.84. The van der Waals surface area contributed by atoms with Crippen molar-refractivity contribution in [2.24, 2.45) is 0 Å². The van der Waals surface area contributed by atoms with Crippen LogP contribution < -0.4 is 16.0 Å². The summed E-state index contributed by atoms with van der Waals surface area (Å²) in [6.07, 6.45) is 4.88. The van der Waals surface area contributed by atoms with Crippen molar-refractivity contribution in [3.63, 3.8) is 0 Å². The molecule has 196 valence electrons. The lowest BCUT2D eigenvalue weighted by Crippen LogP contribution is -2.17. The number of imidazole rings is 2. The lowest BCUT2D eigenvalue weighted by atomic mass is 10.1. The largest absolute Gasteiger partial charge is 0.331 e. The Morgan fingerprint density at radius 3 is 2.35 bits per heavy atom. The predicted molar refractivity (Wildman–Crippen MR) is 151 cm³/mol. The summed E-state index contributed by atoms with van der Waals surface area (Å²) in [5.74, 6) is -0.837. The van der Waals surface area contributed by atoms with Crippen molar-refractivity contribution < 1.29 is 14.4 Å². The van der Waals surface area contributed by atoms with Crippen molar-refractivity contribution in [1.29, 1.82) is 0 Å². The van der Waals surface area contributed by atoms with Gasteiger partial charge in [0.15, 0.2) is 0 Å². The van der Waals surface area contributed by atoms with Crippen molar-refractivity contribution in [1.82, 2.24) is 24.9 Å². The molecular weight excluding hydrogens is 508 g/mol. The number of H-pyrrole nitrogens is 2. The summed E-state index contributed by atoms with van der Waals surface area (Å²) in [6, 6.07) is 21.8. The minimum absolute atomic E-state index is 0.120. The third-order valence-corrected chi connectivity index (χ3v) is 6.15. The molecule has 6 rings (SSSR count). The van der Waals surface area contributed by atoms with E-state index in [9.17, 15) is 14.4 Å². The molecule has 11 heteroatoms. The second-order valence-electron chi connectivity index (χ2n) is 8.98. The molecule has 0 fully saturated rings. The molecule has 3 amide bonds. The molecule has 0 aliphatic rings. The number of amides is 3. The molecule has 0 saturated heterocycles. The van der Waals surface area contributed by atoms with Gasteiger partial charge in [0.1, 0.15) is 5.69 Å². The molecule has 0 bridgehead atoms. The molecule has 0 aliphatic heterocycles. The quantitative estimate of drug-likeness (QED) is 0.204. The van der Waals surface area contributed by atoms with E-state index in [4.69, 9.17) is 0 Å². The van der Waals surface area contributed by atoms with Crippen LogP contribution in [0.25, 0.3) is 21.8 Å². The zero-order valence-corrected chi connectivity index (χ0v) is 20.9. The van der Waals surface area contributed by atoms with Crippen LogP contribution in [0.5, 0.6) is 0 Å². The van der Waals surface area contributed by atoms with Gasteiger partial charge in [-0.3, -0.25) is 30.0 Å². The molecule has 0 saturated carbocycles. The number of hydrogen-bond acceptors (Lipinski definition) is 6. The van der Waals surface area contributed by atoms with Crippen LogP contribution >= 0.6 is 0 Å². The first kappa shape index (κ1) is 24.5. The third-order valence-electron chi connectivity index (χ3n) is 6.15. The maximum atomic E-state index is 13.2. The van der Waals surface area contributed by atoms with Gasteiger partial charge in [-0.15, -0.1) is 0 Å². The fourth-order valence-corrected chi connectivity index (χ4v) is 4.30. The van der Waals surface area contributed by atoms with E-state index in [1.807, 2.05) is 54.6 Å². The molecule has 3 aromatic carbocycles. The smallest absolute Gasteiger partial charge is 0.276 e. The highest BCUT2D eigenvalue weighted by molar-refractivity contribution is 6.13. The molecule has 0 atom stereocenters. The van der Waals surface area contributed by atoms with Gasteiger partial charge in [-0.05, 0) is 29.1 Å². The highest BCUT2D eigenvalue weighted by atomic mass is 16.2. The molecule has 6 aromatic rings. The maximum Gasteiger partial charge on any atom is 0.276 e. The first-order valence-corrected chi connectivity index (χ1v) is 12.4. The first-order valence-electron chi connectivity index (χ1n) is 12.4. The lowest BCUT2D eigenvalue weighted by molar-refractivity contribution is -0.115. The number of aromatic nitrogens is 5. The Morgan fingerprint density at radius 1 is 0.775 bits per heavy atom. The molecule has 40 heavy (non-hydrogen) atoms. The number of carbonyl (C=O) groups is 3. The fraction of sp³-hybridized carbons (Fsp3) is 0.0345. The van der Waals surface area contributed by atoms with E-state index in [1.165, 1.54) is 12.3 Å². The highest BCUT2D eigenvalue weighted by Gasteiger charge is 2.19. The van der Waals surface area contributed by atoms with Crippen LogP contribution in [0.3, 0.4) is 0 Å². The average molecular weight is 531 g/mol. The zero-order chi connectivity index (χ0) is 27.5. The van der Waals surface area contributed by atoms with Gasteiger partial charge >= 0.3 is 0 Å². The van der Waals surface area contributed by atoms with Crippen LogP contribution in [0.1, 0.15) is 26.4 Å². The molecule has 0 aliphatic carbocycles. The molecule has 0 radical (unpaired) electrons. The van der Waals surface area contributed by atoms with E-state index >= 15 is 0 Å². The van der Waals surface area contributed by atoms with E-state index in [0.717, 1.165) is 16.3 Å². The van der Waals surface area contributed by atoms with Crippen LogP contribution in [-0.2, 0) is 11.2 Å². The molecule has 5 N–H and O–H groups in total. The summed E-state index contributed by atoms with van der Waals surface area (Å²) in [6.45, 7) is 0. The van der Waals surface area contributed by atoms with Crippen molar-refractivity contribution in [2.75, 3.05) is 16.0 Å². The molecule has 0 spiro atoms. The van der Waals surface area contributed by atoms with E-state index < -0.39 is 11.8 Å². The van der Waals surface area contributed by atoms with Gasteiger partial charge in [0.25, 0.3) is 11.8 Å². The third kappa shape index (κ3) is 5.24. The van der Waals surface area contributed by atoms with Gasteiger partial charge in [0.2, 0.25) is 17.8 Å². The monoisotopic (exact) mass is 530 g/mol. The number of benzene rings is 3. The Kier molecular flexibility index (Phi) is 6.43. The average Bonchev–Trinajstić information content (AvgIpc) is 3.62. The number of rotatable bonds is 7. The molecular formula is C29H22N8O3. The summed E-state index contributed by atoms with van der Waals surface area (Å²) < 4.78 is 0. The van der Waals surface area contributed by atoms with Crippen LogP contribution in [0, 0.1) is 0 Å². The number of nitrogens with one attached hydrogen (secondary N) is 5. The van der Waals surface area contributed by atoms with Gasteiger partial charge in [0, 0.05) is 29.7 Å². The Bertz CT molecular complexity index is 1860. The van der Waals surface area contributed by atoms with Gasteiger partial charge in [-0.2, -0.15) is 0 Å². The standard InChI is InChI=1S/C29H22N8O3/c38-24(12-17-6-2-1-3-7-17)33-20-14-21(26(39)36-28-30-10-11-31-28)25-22(15-20)34-29(35-25)37-27(40)23-13-18-8-4-5-9-19(18)16-32-23/h1-11,13-16H,12H2,(H,33,38)(H2,30,31,36,39)(H2,34,35,37,40). The SMILES string of the molecule is O=C(Cc1ccccc1)Nc1cc(C(=O)Nc2ncc[nH]2)c2[nH]c(NC(=O)c3cc4ccccc4cn3)nc2c1. The van der Waals surface area contributed by atoms with Crippen LogP contribution in [0.15, 0.2) is 91.4 Å². The van der Waals surface area contributed by atoms with E-state index in [-0.39, 0.29) is 35.5 Å². The van der Waals surface area contributed by atoms with Crippen molar-refractivity contribution >= 4 is 57.1 Å². The minimum Gasteiger partial charge on any atom is -0.331 e. The Labute approximate surface area is 227 Å². The summed E-state index contributed by atoms with van der Waals surface area (Å²) >= 11 is 0. The maximum absolute atomic E-state index is 13.2. The van der Waals surface area contributed by atoms with Crippen molar-refractivity contribution in [2.45, 2.75) is 6.42 Å². The zero-order valence-electron chi connectivity index (χ0n) is 20.9. The van der Waals surface area contributed by atoms with Crippen LogP contribution in [-0.4, -0.2) is 42.6 Å². The Balaban J connectivity index is 1.30. The van der Waals surface area contributed by atoms with Gasteiger partial charge in [-0.1, -0.05) is 54.6 Å². The van der Waals surface area contributed by atoms with Crippen LogP contribution in [0.4, 0.5) is 17.6 Å². The summed E-state index contributed by atoms with van der Waals surface area (Å²) in [5, 5.41) is 10.0. The topological polar surface area (TPSA) is 158 Å².